The molecule has 10 heteroatoms. The molecule has 0 atom stereocenters. The van der Waals surface area contributed by atoms with E-state index in [1.807, 2.05) is 0 Å². The lowest BCUT2D eigenvalue weighted by atomic mass is 10.2. The molecule has 2 aromatic carbocycles. The van der Waals surface area contributed by atoms with E-state index >= 15 is 0 Å². The first-order chi connectivity index (χ1) is 14.5. The summed E-state index contributed by atoms with van der Waals surface area (Å²) in [5, 5.41) is 15.9. The number of anilines is 2. The second-order valence-electron chi connectivity index (χ2n) is 5.93. The van der Waals surface area contributed by atoms with Gasteiger partial charge in [-0.1, -0.05) is 0 Å². The maximum Gasteiger partial charge on any atom is 0.291 e. The third-order valence-corrected chi connectivity index (χ3v) is 3.90. The third kappa shape index (κ3) is 5.13. The fraction of sp³-hybridized carbons (Fsp3) is 0.100. The van der Waals surface area contributed by atoms with E-state index in [-0.39, 0.29) is 18.1 Å². The van der Waals surface area contributed by atoms with Gasteiger partial charge in [0.05, 0.1) is 24.0 Å². The molecule has 0 bridgehead atoms. The highest BCUT2D eigenvalue weighted by Crippen LogP contribution is 2.28. The van der Waals surface area contributed by atoms with Gasteiger partial charge in [-0.2, -0.15) is 0 Å². The summed E-state index contributed by atoms with van der Waals surface area (Å²) >= 11 is 0. The van der Waals surface area contributed by atoms with Crippen LogP contribution in [-0.4, -0.2) is 30.5 Å². The first-order valence-corrected chi connectivity index (χ1v) is 8.66. The molecule has 2 amide bonds. The molecule has 2 N–H and O–H groups in total. The van der Waals surface area contributed by atoms with E-state index in [0.717, 1.165) is 0 Å². The van der Waals surface area contributed by atoms with Crippen LogP contribution < -0.4 is 20.1 Å². The minimum absolute atomic E-state index is 0.0712. The van der Waals surface area contributed by atoms with Crippen molar-refractivity contribution in [3.8, 4) is 11.5 Å². The SMILES string of the molecule is COc1cc(NC(=O)COc2ccc([N+](=O)[O-])cc2)ccc1NC(=O)c1ccco1. The summed E-state index contributed by atoms with van der Waals surface area (Å²) in [6, 6.07) is 13.2. The van der Waals surface area contributed by atoms with Crippen LogP contribution in [0.4, 0.5) is 17.1 Å². The highest BCUT2D eigenvalue weighted by atomic mass is 16.6. The maximum atomic E-state index is 12.1. The monoisotopic (exact) mass is 411 g/mol. The fourth-order valence-corrected chi connectivity index (χ4v) is 2.47. The maximum absolute atomic E-state index is 12.1. The molecule has 3 aromatic rings. The van der Waals surface area contributed by atoms with Gasteiger partial charge in [0.2, 0.25) is 0 Å². The van der Waals surface area contributed by atoms with Crippen molar-refractivity contribution in [1.29, 1.82) is 0 Å². The molecule has 0 unspecified atom stereocenters. The summed E-state index contributed by atoms with van der Waals surface area (Å²) in [7, 11) is 1.43. The number of methoxy groups -OCH3 is 1. The zero-order valence-electron chi connectivity index (χ0n) is 15.8. The van der Waals surface area contributed by atoms with Crippen LogP contribution in [0.1, 0.15) is 10.6 Å². The largest absolute Gasteiger partial charge is 0.494 e. The molecule has 1 heterocycles. The summed E-state index contributed by atoms with van der Waals surface area (Å²) < 4.78 is 15.6. The van der Waals surface area contributed by atoms with E-state index in [1.165, 1.54) is 43.7 Å². The van der Waals surface area contributed by atoms with Crippen molar-refractivity contribution in [1.82, 2.24) is 0 Å². The Hall–Kier alpha value is -4.34. The van der Waals surface area contributed by atoms with Crippen LogP contribution in [0.2, 0.25) is 0 Å². The number of carbonyl (C=O) groups is 2. The van der Waals surface area contributed by atoms with Crippen molar-refractivity contribution in [3.05, 3.63) is 76.7 Å². The molecule has 10 nitrogen and oxygen atoms in total. The van der Waals surface area contributed by atoms with E-state index in [1.54, 1.807) is 24.3 Å². The molecule has 0 spiro atoms. The van der Waals surface area contributed by atoms with Crippen molar-refractivity contribution < 1.29 is 28.4 Å². The molecule has 0 saturated carbocycles. The van der Waals surface area contributed by atoms with Crippen LogP contribution in [0.5, 0.6) is 11.5 Å². The Labute approximate surface area is 170 Å². The quantitative estimate of drug-likeness (QED) is 0.428. The van der Waals surface area contributed by atoms with Gasteiger partial charge in [-0.05, 0) is 36.4 Å². The molecule has 3 rings (SSSR count). The highest BCUT2D eigenvalue weighted by Gasteiger charge is 2.13. The average Bonchev–Trinajstić information content (AvgIpc) is 3.28. The van der Waals surface area contributed by atoms with Crippen LogP contribution in [0.3, 0.4) is 0 Å². The fourth-order valence-electron chi connectivity index (χ4n) is 2.47. The standard InChI is InChI=1S/C20H17N3O7/c1-28-18-11-13(4-9-16(18)22-20(25)17-3-2-10-29-17)21-19(24)12-30-15-7-5-14(6-8-15)23(26)27/h2-11H,12H2,1H3,(H,21,24)(H,22,25). The van der Waals surface area contributed by atoms with E-state index in [4.69, 9.17) is 13.9 Å². The van der Waals surface area contributed by atoms with E-state index in [9.17, 15) is 19.7 Å². The summed E-state index contributed by atoms with van der Waals surface area (Å²) in [5.41, 5.74) is 0.761. The van der Waals surface area contributed by atoms with Gasteiger partial charge in [0.1, 0.15) is 11.5 Å². The second-order valence-corrected chi connectivity index (χ2v) is 5.93. The van der Waals surface area contributed by atoms with Crippen LogP contribution in [-0.2, 0) is 4.79 Å². The Bertz CT molecular complexity index is 1050. The topological polar surface area (TPSA) is 133 Å². The Morgan fingerprint density at radius 3 is 2.50 bits per heavy atom. The van der Waals surface area contributed by atoms with Gasteiger partial charge >= 0.3 is 0 Å². The molecular weight excluding hydrogens is 394 g/mol. The number of nitrogens with one attached hydrogen (secondary N) is 2. The van der Waals surface area contributed by atoms with E-state index in [2.05, 4.69) is 10.6 Å². The molecule has 0 aliphatic carbocycles. The van der Waals surface area contributed by atoms with Gasteiger partial charge in [-0.3, -0.25) is 19.7 Å². The summed E-state index contributed by atoms with van der Waals surface area (Å²) in [5.74, 6) is -0.0690. The summed E-state index contributed by atoms with van der Waals surface area (Å²) in [4.78, 5) is 34.3. The van der Waals surface area contributed by atoms with Gasteiger partial charge in [0.25, 0.3) is 17.5 Å². The zero-order valence-corrected chi connectivity index (χ0v) is 15.8. The molecule has 0 radical (unpaired) electrons. The van der Waals surface area contributed by atoms with Crippen molar-refractivity contribution in [3.63, 3.8) is 0 Å². The predicted molar refractivity (Wildman–Crippen MR) is 107 cm³/mol. The number of hydrogen-bond acceptors (Lipinski definition) is 7. The number of amides is 2. The van der Waals surface area contributed by atoms with Gasteiger partial charge < -0.3 is 24.5 Å². The lowest BCUT2D eigenvalue weighted by molar-refractivity contribution is -0.384. The van der Waals surface area contributed by atoms with Gasteiger partial charge in [0.15, 0.2) is 12.4 Å². The molecule has 0 aliphatic heterocycles. The average molecular weight is 411 g/mol. The molecule has 154 valence electrons. The van der Waals surface area contributed by atoms with Crippen LogP contribution >= 0.6 is 0 Å². The first-order valence-electron chi connectivity index (χ1n) is 8.66. The Morgan fingerprint density at radius 2 is 1.87 bits per heavy atom. The molecule has 0 aliphatic rings. The predicted octanol–water partition coefficient (Wildman–Crippen LogP) is 3.47. The van der Waals surface area contributed by atoms with Crippen molar-refractivity contribution >= 4 is 28.9 Å². The Morgan fingerprint density at radius 1 is 1.10 bits per heavy atom. The van der Waals surface area contributed by atoms with Crippen LogP contribution in [0.25, 0.3) is 0 Å². The normalized spacial score (nSPS) is 10.2. The minimum atomic E-state index is -0.523. The Balaban J connectivity index is 1.58. The second kappa shape index (κ2) is 9.24. The lowest BCUT2D eigenvalue weighted by Gasteiger charge is -2.12. The zero-order chi connectivity index (χ0) is 21.5. The number of nitro groups is 1. The smallest absolute Gasteiger partial charge is 0.291 e. The molecular formula is C20H17N3O7. The van der Waals surface area contributed by atoms with E-state index < -0.39 is 16.7 Å². The van der Waals surface area contributed by atoms with E-state index in [0.29, 0.717) is 22.9 Å². The van der Waals surface area contributed by atoms with Crippen LogP contribution in [0.15, 0.2) is 65.3 Å². The van der Waals surface area contributed by atoms with Crippen molar-refractivity contribution in [2.24, 2.45) is 0 Å². The van der Waals surface area contributed by atoms with Gasteiger partial charge in [-0.15, -0.1) is 0 Å². The number of rotatable bonds is 8. The number of furan rings is 1. The summed E-state index contributed by atoms with van der Waals surface area (Å²) in [6.07, 6.45) is 1.39. The van der Waals surface area contributed by atoms with Gasteiger partial charge in [-0.25, -0.2) is 0 Å². The number of benzene rings is 2. The molecule has 30 heavy (non-hydrogen) atoms. The minimum Gasteiger partial charge on any atom is -0.494 e. The number of nitro benzene ring substituents is 1. The number of nitrogens with zero attached hydrogens (tertiary/aromatic N) is 1. The number of hydrogen-bond donors (Lipinski definition) is 2. The van der Waals surface area contributed by atoms with Crippen molar-refractivity contribution in [2.45, 2.75) is 0 Å². The Kier molecular flexibility index (Phi) is 6.28. The number of carbonyl (C=O) groups excluding carboxylic acids is 2. The number of non-ortho nitro benzene ring substituents is 1. The number of ether oxygens (including phenoxy) is 2. The van der Waals surface area contributed by atoms with Crippen molar-refractivity contribution in [2.75, 3.05) is 24.4 Å². The summed E-state index contributed by atoms with van der Waals surface area (Å²) in [6.45, 7) is -0.295. The highest BCUT2D eigenvalue weighted by molar-refractivity contribution is 6.03. The first kappa shape index (κ1) is 20.4. The molecule has 1 aromatic heterocycles. The third-order valence-electron chi connectivity index (χ3n) is 3.90. The molecule has 0 fully saturated rings. The van der Waals surface area contributed by atoms with Crippen LogP contribution in [0, 0.1) is 10.1 Å². The lowest BCUT2D eigenvalue weighted by Crippen LogP contribution is -2.20. The van der Waals surface area contributed by atoms with Gasteiger partial charge in [0, 0.05) is 23.9 Å². The molecule has 0 saturated heterocycles.